The van der Waals surface area contributed by atoms with Crippen LogP contribution in [-0.4, -0.2) is 60.4 Å². The van der Waals surface area contributed by atoms with Gasteiger partial charge in [-0.15, -0.1) is 10.2 Å². The number of halogens is 1. The number of hydrogen-bond acceptors (Lipinski definition) is 6. The summed E-state index contributed by atoms with van der Waals surface area (Å²) < 4.78 is 47.9. The van der Waals surface area contributed by atoms with Crippen molar-refractivity contribution < 1.29 is 17.5 Å². The van der Waals surface area contributed by atoms with E-state index < -0.39 is 9.84 Å². The lowest BCUT2D eigenvalue weighted by molar-refractivity contribution is 0.277. The van der Waals surface area contributed by atoms with E-state index in [0.29, 0.717) is 47.5 Å². The standard InChI is InChI=1S/C27H29FN4O3S/c1-31-16-14-22(15-17-31)36(33,34)21-10-6-19(7-11-21)23-12-8-20(32-18-29-30-27(23)32)9-13-24-25(28)4-3-5-26(24)35-2/h3-8,10-12,18,22H,9,13-17H2,1-2H3. The molecule has 36 heavy (non-hydrogen) atoms. The molecule has 2 aromatic carbocycles. The van der Waals surface area contributed by atoms with Crippen molar-refractivity contribution in [3.05, 3.63) is 78.0 Å². The minimum absolute atomic E-state index is 0.291. The van der Waals surface area contributed by atoms with Crippen molar-refractivity contribution in [2.75, 3.05) is 27.2 Å². The number of piperidine rings is 1. The molecule has 0 amide bonds. The Hall–Kier alpha value is -3.30. The van der Waals surface area contributed by atoms with Gasteiger partial charge in [-0.05, 0) is 87.8 Å². The molecular formula is C27H29FN4O3S. The van der Waals surface area contributed by atoms with E-state index in [1.54, 1.807) is 30.6 Å². The first kappa shape index (κ1) is 24.4. The number of ether oxygens (including phenoxy) is 1. The predicted octanol–water partition coefficient (Wildman–Crippen LogP) is 4.20. The maximum absolute atomic E-state index is 14.4. The van der Waals surface area contributed by atoms with Crippen LogP contribution in [0.5, 0.6) is 5.75 Å². The highest BCUT2D eigenvalue weighted by molar-refractivity contribution is 7.92. The van der Waals surface area contributed by atoms with Crippen LogP contribution in [0.1, 0.15) is 24.1 Å². The number of nitrogens with zero attached hydrogens (tertiary/aromatic N) is 4. The van der Waals surface area contributed by atoms with E-state index in [1.807, 2.05) is 35.7 Å². The average molecular weight is 509 g/mol. The Morgan fingerprint density at radius 1 is 1.03 bits per heavy atom. The van der Waals surface area contributed by atoms with Gasteiger partial charge in [0.15, 0.2) is 15.5 Å². The van der Waals surface area contributed by atoms with E-state index in [1.165, 1.54) is 13.2 Å². The molecule has 3 heterocycles. The van der Waals surface area contributed by atoms with Gasteiger partial charge in [-0.1, -0.05) is 18.2 Å². The average Bonchev–Trinajstić information content (AvgIpc) is 3.38. The topological polar surface area (TPSA) is 76.8 Å². The Morgan fingerprint density at radius 2 is 1.78 bits per heavy atom. The Labute approximate surface area is 210 Å². The highest BCUT2D eigenvalue weighted by Gasteiger charge is 2.30. The third kappa shape index (κ3) is 4.60. The number of sulfone groups is 1. The smallest absolute Gasteiger partial charge is 0.181 e. The summed E-state index contributed by atoms with van der Waals surface area (Å²) in [4.78, 5) is 2.52. The first-order valence-electron chi connectivity index (χ1n) is 12.0. The first-order valence-corrected chi connectivity index (χ1v) is 13.6. The zero-order valence-corrected chi connectivity index (χ0v) is 21.2. The summed E-state index contributed by atoms with van der Waals surface area (Å²) >= 11 is 0. The monoisotopic (exact) mass is 508 g/mol. The number of benzene rings is 2. The Balaban J connectivity index is 1.39. The minimum Gasteiger partial charge on any atom is -0.496 e. The Morgan fingerprint density at radius 3 is 2.50 bits per heavy atom. The summed E-state index contributed by atoms with van der Waals surface area (Å²) in [5.41, 5.74) is 3.84. The van der Waals surface area contributed by atoms with E-state index in [4.69, 9.17) is 4.74 Å². The molecule has 0 bridgehead atoms. The summed E-state index contributed by atoms with van der Waals surface area (Å²) in [6, 6.07) is 15.8. The molecule has 0 atom stereocenters. The van der Waals surface area contributed by atoms with E-state index in [2.05, 4.69) is 15.1 Å². The third-order valence-corrected chi connectivity index (χ3v) is 9.34. The molecule has 0 spiro atoms. The fourth-order valence-electron chi connectivity index (χ4n) is 4.93. The molecule has 1 aliphatic rings. The van der Waals surface area contributed by atoms with Gasteiger partial charge in [0, 0.05) is 16.8 Å². The molecule has 9 heteroatoms. The molecular weight excluding hydrogens is 479 g/mol. The number of likely N-dealkylation sites (tertiary alicyclic amines) is 1. The summed E-state index contributed by atoms with van der Waals surface area (Å²) in [7, 11) is 0.189. The second-order valence-corrected chi connectivity index (χ2v) is 11.5. The van der Waals surface area contributed by atoms with Crippen molar-refractivity contribution in [2.24, 2.45) is 0 Å². The summed E-state index contributed by atoms with van der Waals surface area (Å²) in [6.07, 6.45) is 3.99. The molecule has 1 aliphatic heterocycles. The van der Waals surface area contributed by atoms with Crippen LogP contribution in [0, 0.1) is 5.82 Å². The van der Waals surface area contributed by atoms with Gasteiger partial charge in [0.25, 0.3) is 0 Å². The molecule has 2 aromatic heterocycles. The zero-order valence-electron chi connectivity index (χ0n) is 20.4. The molecule has 0 unspecified atom stereocenters. The summed E-state index contributed by atoms with van der Waals surface area (Å²) in [5, 5.41) is 8.06. The van der Waals surface area contributed by atoms with E-state index in [9.17, 15) is 12.8 Å². The lowest BCUT2D eigenvalue weighted by Crippen LogP contribution is -2.37. The van der Waals surface area contributed by atoms with Crippen LogP contribution in [0.4, 0.5) is 4.39 Å². The number of rotatable bonds is 7. The normalized spacial score (nSPS) is 15.4. The molecule has 188 valence electrons. The number of aryl methyl sites for hydroxylation is 1. The van der Waals surface area contributed by atoms with Crippen molar-refractivity contribution in [1.29, 1.82) is 0 Å². The Kier molecular flexibility index (Phi) is 6.77. The van der Waals surface area contributed by atoms with Gasteiger partial charge >= 0.3 is 0 Å². The zero-order chi connectivity index (χ0) is 25.3. The lowest BCUT2D eigenvalue weighted by Gasteiger charge is -2.28. The molecule has 0 N–H and O–H groups in total. The second kappa shape index (κ2) is 9.99. The molecule has 1 saturated heterocycles. The highest BCUT2D eigenvalue weighted by Crippen LogP contribution is 2.30. The van der Waals surface area contributed by atoms with Crippen molar-refractivity contribution >= 4 is 15.5 Å². The maximum Gasteiger partial charge on any atom is 0.181 e. The van der Waals surface area contributed by atoms with Gasteiger partial charge < -0.3 is 9.64 Å². The van der Waals surface area contributed by atoms with Crippen molar-refractivity contribution in [2.45, 2.75) is 35.8 Å². The van der Waals surface area contributed by atoms with Gasteiger partial charge in [0.1, 0.15) is 17.9 Å². The fraction of sp³-hybridized carbons (Fsp3) is 0.333. The second-order valence-electron chi connectivity index (χ2n) is 9.26. The SMILES string of the molecule is COc1cccc(F)c1CCc1ccc(-c2ccc(S(=O)(=O)C3CCN(C)CC3)cc2)c2nncn12. The Bertz CT molecular complexity index is 1480. The van der Waals surface area contributed by atoms with Gasteiger partial charge in [-0.25, -0.2) is 12.8 Å². The molecule has 0 radical (unpaired) electrons. The van der Waals surface area contributed by atoms with Crippen LogP contribution in [0.3, 0.4) is 0 Å². The highest BCUT2D eigenvalue weighted by atomic mass is 32.2. The van der Waals surface area contributed by atoms with Crippen LogP contribution in [0.15, 0.2) is 65.8 Å². The van der Waals surface area contributed by atoms with Crippen LogP contribution in [0.2, 0.25) is 0 Å². The van der Waals surface area contributed by atoms with Crippen LogP contribution >= 0.6 is 0 Å². The number of aromatic nitrogens is 3. The molecule has 4 aromatic rings. The number of hydrogen-bond donors (Lipinski definition) is 0. The fourth-order valence-corrected chi connectivity index (χ4v) is 6.66. The quantitative estimate of drug-likeness (QED) is 0.373. The lowest BCUT2D eigenvalue weighted by atomic mass is 10.0. The third-order valence-electron chi connectivity index (χ3n) is 7.07. The molecule has 0 aliphatic carbocycles. The van der Waals surface area contributed by atoms with Crippen LogP contribution in [-0.2, 0) is 22.7 Å². The van der Waals surface area contributed by atoms with Gasteiger partial charge in [0.05, 0.1) is 17.3 Å². The summed E-state index contributed by atoms with van der Waals surface area (Å²) in [5.74, 6) is 0.239. The number of fused-ring (bicyclic) bond motifs is 1. The predicted molar refractivity (Wildman–Crippen MR) is 136 cm³/mol. The van der Waals surface area contributed by atoms with E-state index in [0.717, 1.165) is 29.9 Å². The van der Waals surface area contributed by atoms with Gasteiger partial charge in [0.2, 0.25) is 0 Å². The van der Waals surface area contributed by atoms with Crippen LogP contribution < -0.4 is 4.74 Å². The van der Waals surface area contributed by atoms with Crippen LogP contribution in [0.25, 0.3) is 16.8 Å². The van der Waals surface area contributed by atoms with Crippen molar-refractivity contribution in [1.82, 2.24) is 19.5 Å². The molecule has 1 fully saturated rings. The minimum atomic E-state index is -3.37. The van der Waals surface area contributed by atoms with Gasteiger partial charge in [-0.3, -0.25) is 4.40 Å². The number of methoxy groups -OCH3 is 1. The maximum atomic E-state index is 14.4. The van der Waals surface area contributed by atoms with Crippen molar-refractivity contribution in [3.8, 4) is 16.9 Å². The van der Waals surface area contributed by atoms with E-state index in [-0.39, 0.29) is 11.1 Å². The summed E-state index contributed by atoms with van der Waals surface area (Å²) in [6.45, 7) is 1.59. The largest absolute Gasteiger partial charge is 0.496 e. The first-order chi connectivity index (χ1) is 17.4. The molecule has 7 nitrogen and oxygen atoms in total. The molecule has 5 rings (SSSR count). The molecule has 0 saturated carbocycles. The number of pyridine rings is 1. The van der Waals surface area contributed by atoms with Crippen molar-refractivity contribution in [3.63, 3.8) is 0 Å². The van der Waals surface area contributed by atoms with E-state index >= 15 is 0 Å². The van der Waals surface area contributed by atoms with Gasteiger partial charge in [-0.2, -0.15) is 0 Å².